The number of anilines is 2. The van der Waals surface area contributed by atoms with E-state index < -0.39 is 6.04 Å². The second-order valence-electron chi connectivity index (χ2n) is 9.13. The summed E-state index contributed by atoms with van der Waals surface area (Å²) in [5.41, 5.74) is 3.74. The van der Waals surface area contributed by atoms with Crippen LogP contribution in [-0.2, 0) is 4.79 Å². The third-order valence-electron chi connectivity index (χ3n) is 6.27. The van der Waals surface area contributed by atoms with Gasteiger partial charge in [-0.05, 0) is 44.4 Å². The van der Waals surface area contributed by atoms with Crippen molar-refractivity contribution >= 4 is 23.5 Å². The minimum absolute atomic E-state index is 0.189. The fourth-order valence-electron chi connectivity index (χ4n) is 4.01. The topological polar surface area (TPSA) is 129 Å². The molecule has 0 bridgehead atoms. The maximum absolute atomic E-state index is 12.2. The van der Waals surface area contributed by atoms with Gasteiger partial charge in [0.15, 0.2) is 0 Å². The summed E-state index contributed by atoms with van der Waals surface area (Å²) < 4.78 is 1.88. The Morgan fingerprint density at radius 2 is 1.91 bits per heavy atom. The van der Waals surface area contributed by atoms with Crippen LogP contribution in [0, 0.1) is 24.2 Å². The number of likely N-dealkylation sites (tertiary alicyclic amines) is 1. The first-order chi connectivity index (χ1) is 16.9. The number of benzene rings is 1. The van der Waals surface area contributed by atoms with Crippen molar-refractivity contribution in [1.29, 1.82) is 5.26 Å². The molecule has 35 heavy (non-hydrogen) atoms. The molecule has 0 spiro atoms. The van der Waals surface area contributed by atoms with Gasteiger partial charge in [-0.15, -0.1) is 0 Å². The Balaban J connectivity index is 1.24. The van der Waals surface area contributed by atoms with E-state index in [2.05, 4.69) is 25.7 Å². The molecular weight excluding hydrogens is 444 g/mol. The van der Waals surface area contributed by atoms with Crippen LogP contribution in [0.25, 0.3) is 11.3 Å². The number of aromatic nitrogens is 4. The van der Waals surface area contributed by atoms with E-state index in [1.165, 1.54) is 0 Å². The molecule has 1 aliphatic heterocycles. The summed E-state index contributed by atoms with van der Waals surface area (Å²) in [5, 5.41) is 19.1. The standard InChI is InChI=1S/C25H26N8O2/c1-15-10-27-25(31-22(15)17-3-5-18(6-4-17)23(34)29-16(2)9-26)30-20-11-28-33(12-20)21-13-32(14-21)24(35)19-7-8-19/h3-6,10-12,16,19,21H,7-8,13-14H2,1-2H3,(H,29,34)(H,27,30,31). The van der Waals surface area contributed by atoms with Crippen molar-refractivity contribution in [2.45, 2.75) is 38.8 Å². The summed E-state index contributed by atoms with van der Waals surface area (Å²) in [4.78, 5) is 35.3. The molecule has 0 radical (unpaired) electrons. The van der Waals surface area contributed by atoms with Gasteiger partial charge < -0.3 is 15.5 Å². The number of nitrogens with one attached hydrogen (secondary N) is 2. The third-order valence-corrected chi connectivity index (χ3v) is 6.27. The van der Waals surface area contributed by atoms with Crippen LogP contribution in [-0.4, -0.2) is 55.6 Å². The van der Waals surface area contributed by atoms with E-state index in [0.29, 0.717) is 24.6 Å². The molecule has 2 aliphatic rings. The molecule has 1 atom stereocenters. The van der Waals surface area contributed by atoms with Crippen LogP contribution in [0.4, 0.5) is 11.6 Å². The number of rotatable bonds is 7. The Kier molecular flexibility index (Phi) is 5.91. The van der Waals surface area contributed by atoms with Gasteiger partial charge in [-0.25, -0.2) is 9.97 Å². The van der Waals surface area contributed by atoms with E-state index in [1.807, 2.05) is 40.9 Å². The highest BCUT2D eigenvalue weighted by Crippen LogP contribution is 2.34. The number of nitriles is 1. The minimum Gasteiger partial charge on any atom is -0.338 e. The van der Waals surface area contributed by atoms with Gasteiger partial charge in [-0.2, -0.15) is 10.4 Å². The van der Waals surface area contributed by atoms with E-state index in [1.54, 1.807) is 31.5 Å². The molecule has 2 N–H and O–H groups in total. The summed E-state index contributed by atoms with van der Waals surface area (Å²) in [7, 11) is 0. The quantitative estimate of drug-likeness (QED) is 0.543. The van der Waals surface area contributed by atoms with Crippen molar-refractivity contribution in [3.8, 4) is 17.3 Å². The van der Waals surface area contributed by atoms with Crippen LogP contribution < -0.4 is 10.6 Å². The maximum atomic E-state index is 12.2. The molecule has 1 aromatic carbocycles. The van der Waals surface area contributed by atoms with Crippen molar-refractivity contribution in [3.63, 3.8) is 0 Å². The SMILES string of the molecule is Cc1cnc(Nc2cnn(C3CN(C(=O)C4CC4)C3)c2)nc1-c1ccc(C(=O)NC(C)C#N)cc1. The lowest BCUT2D eigenvalue weighted by Gasteiger charge is -2.39. The molecule has 1 saturated heterocycles. The normalized spacial score (nSPS) is 16.2. The number of hydrogen-bond acceptors (Lipinski definition) is 7. The Hall–Kier alpha value is -4.26. The zero-order chi connectivity index (χ0) is 24.5. The first-order valence-corrected chi connectivity index (χ1v) is 11.7. The minimum atomic E-state index is -0.558. The molecular formula is C25H26N8O2. The molecule has 2 aromatic heterocycles. The number of aryl methyl sites for hydroxylation is 1. The van der Waals surface area contributed by atoms with Gasteiger partial charge in [0.25, 0.3) is 5.91 Å². The monoisotopic (exact) mass is 470 g/mol. The van der Waals surface area contributed by atoms with Gasteiger partial charge in [-0.1, -0.05) is 12.1 Å². The predicted octanol–water partition coefficient (Wildman–Crippen LogP) is 2.83. The van der Waals surface area contributed by atoms with Crippen LogP contribution in [0.2, 0.25) is 0 Å². The fraction of sp³-hybridized carbons (Fsp3) is 0.360. The fourth-order valence-corrected chi connectivity index (χ4v) is 4.01. The van der Waals surface area contributed by atoms with Crippen molar-refractivity contribution in [1.82, 2.24) is 30.0 Å². The van der Waals surface area contributed by atoms with Gasteiger partial charge in [0.05, 0.1) is 29.7 Å². The molecule has 178 valence electrons. The van der Waals surface area contributed by atoms with Crippen molar-refractivity contribution in [2.75, 3.05) is 18.4 Å². The zero-order valence-electron chi connectivity index (χ0n) is 19.6. The maximum Gasteiger partial charge on any atom is 0.252 e. The van der Waals surface area contributed by atoms with Crippen LogP contribution in [0.5, 0.6) is 0 Å². The van der Waals surface area contributed by atoms with Gasteiger partial charge in [0, 0.05) is 42.5 Å². The Morgan fingerprint density at radius 1 is 1.17 bits per heavy atom. The summed E-state index contributed by atoms with van der Waals surface area (Å²) in [5.74, 6) is 0.668. The second kappa shape index (κ2) is 9.18. The summed E-state index contributed by atoms with van der Waals surface area (Å²) in [6.45, 7) is 4.96. The average Bonchev–Trinajstić information content (AvgIpc) is 3.59. The molecule has 5 rings (SSSR count). The number of amides is 2. The highest BCUT2D eigenvalue weighted by molar-refractivity contribution is 5.95. The van der Waals surface area contributed by atoms with Crippen molar-refractivity contribution in [2.24, 2.45) is 5.92 Å². The van der Waals surface area contributed by atoms with Crippen LogP contribution in [0.15, 0.2) is 42.9 Å². The van der Waals surface area contributed by atoms with Gasteiger partial charge >= 0.3 is 0 Å². The summed E-state index contributed by atoms with van der Waals surface area (Å²) in [6.07, 6.45) is 7.43. The number of hydrogen-bond donors (Lipinski definition) is 2. The number of nitrogens with zero attached hydrogens (tertiary/aromatic N) is 6. The molecule has 10 nitrogen and oxygen atoms in total. The lowest BCUT2D eigenvalue weighted by atomic mass is 10.1. The van der Waals surface area contributed by atoms with Gasteiger partial charge in [0.1, 0.15) is 6.04 Å². The first-order valence-electron chi connectivity index (χ1n) is 11.7. The Bertz CT molecular complexity index is 1300. The van der Waals surface area contributed by atoms with Crippen molar-refractivity contribution in [3.05, 3.63) is 54.0 Å². The summed E-state index contributed by atoms with van der Waals surface area (Å²) in [6, 6.07) is 8.70. The third kappa shape index (κ3) is 4.84. The Labute approximate surface area is 203 Å². The van der Waals surface area contributed by atoms with Gasteiger partial charge in [0.2, 0.25) is 11.9 Å². The molecule has 10 heteroatoms. The molecule has 1 saturated carbocycles. The molecule has 3 aromatic rings. The largest absolute Gasteiger partial charge is 0.338 e. The van der Waals surface area contributed by atoms with E-state index in [-0.39, 0.29) is 23.8 Å². The lowest BCUT2D eigenvalue weighted by Crippen LogP contribution is -2.51. The molecule has 3 heterocycles. The first kappa shape index (κ1) is 22.5. The predicted molar refractivity (Wildman–Crippen MR) is 129 cm³/mol. The van der Waals surface area contributed by atoms with E-state index in [4.69, 9.17) is 5.26 Å². The molecule has 2 fully saturated rings. The lowest BCUT2D eigenvalue weighted by molar-refractivity contribution is -0.138. The van der Waals surface area contributed by atoms with E-state index in [9.17, 15) is 9.59 Å². The zero-order valence-corrected chi connectivity index (χ0v) is 19.6. The molecule has 2 amide bonds. The highest BCUT2D eigenvalue weighted by Gasteiger charge is 2.40. The highest BCUT2D eigenvalue weighted by atomic mass is 16.2. The van der Waals surface area contributed by atoms with E-state index >= 15 is 0 Å². The van der Waals surface area contributed by atoms with Crippen LogP contribution in [0.3, 0.4) is 0 Å². The molecule has 1 aliphatic carbocycles. The smallest absolute Gasteiger partial charge is 0.252 e. The molecule has 1 unspecified atom stereocenters. The van der Waals surface area contributed by atoms with Gasteiger partial charge in [-0.3, -0.25) is 14.3 Å². The summed E-state index contributed by atoms with van der Waals surface area (Å²) >= 11 is 0. The number of carbonyl (C=O) groups is 2. The average molecular weight is 471 g/mol. The van der Waals surface area contributed by atoms with Crippen LogP contribution in [0.1, 0.15) is 41.7 Å². The number of carbonyl (C=O) groups excluding carboxylic acids is 2. The Morgan fingerprint density at radius 3 is 2.60 bits per heavy atom. The van der Waals surface area contributed by atoms with E-state index in [0.717, 1.165) is 35.3 Å². The van der Waals surface area contributed by atoms with Crippen molar-refractivity contribution < 1.29 is 9.59 Å². The second-order valence-corrected chi connectivity index (χ2v) is 9.13. The van der Waals surface area contributed by atoms with Crippen LogP contribution >= 0.6 is 0 Å².